The summed E-state index contributed by atoms with van der Waals surface area (Å²) in [5, 5.41) is 0. The molecule has 3 rings (SSSR count). The first kappa shape index (κ1) is 17.0. The predicted octanol–water partition coefficient (Wildman–Crippen LogP) is 1.20. The fraction of sp³-hybridized carbons (Fsp3) is 0.176. The van der Waals surface area contributed by atoms with Gasteiger partial charge in [0.05, 0.1) is 10.6 Å². The molecule has 2 aromatic carbocycles. The molecule has 25 heavy (non-hydrogen) atoms. The molecule has 1 amide bonds. The zero-order chi connectivity index (χ0) is 18.2. The van der Waals surface area contributed by atoms with Crippen LogP contribution in [0.5, 0.6) is 0 Å². The summed E-state index contributed by atoms with van der Waals surface area (Å²) >= 11 is 0. The molecular weight excluding hydrogens is 340 g/mol. The number of hydrogen-bond donors (Lipinski definition) is 2. The lowest BCUT2D eigenvalue weighted by Crippen LogP contribution is -2.24. The fourth-order valence-electron chi connectivity index (χ4n) is 2.94. The van der Waals surface area contributed by atoms with E-state index in [1.807, 2.05) is 29.2 Å². The zero-order valence-corrected chi connectivity index (χ0v) is 14.5. The predicted molar refractivity (Wildman–Crippen MR) is 96.8 cm³/mol. The number of nitrogens with zero attached hydrogens (tertiary/aromatic N) is 2. The highest BCUT2D eigenvalue weighted by Crippen LogP contribution is 2.38. The van der Waals surface area contributed by atoms with Crippen molar-refractivity contribution < 1.29 is 13.2 Å². The van der Waals surface area contributed by atoms with Gasteiger partial charge in [0, 0.05) is 24.1 Å². The Balaban J connectivity index is 2.13. The zero-order valence-electron chi connectivity index (χ0n) is 13.6. The van der Waals surface area contributed by atoms with E-state index in [1.165, 1.54) is 12.1 Å². The molecule has 1 heterocycles. The van der Waals surface area contributed by atoms with Gasteiger partial charge < -0.3 is 16.4 Å². The molecule has 0 spiro atoms. The van der Waals surface area contributed by atoms with E-state index in [-0.39, 0.29) is 16.4 Å². The number of fused-ring (bicyclic) bond motifs is 1. The molecule has 7 nitrogen and oxygen atoms in total. The van der Waals surface area contributed by atoms with E-state index in [2.05, 4.69) is 4.99 Å². The number of para-hydroxylation sites is 1. The Morgan fingerprint density at radius 1 is 1.12 bits per heavy atom. The molecule has 0 atom stereocenters. The van der Waals surface area contributed by atoms with E-state index in [9.17, 15) is 13.2 Å². The fourth-order valence-corrected chi connectivity index (χ4v) is 3.84. The number of benzene rings is 2. The quantitative estimate of drug-likeness (QED) is 0.628. The maximum absolute atomic E-state index is 12.3. The van der Waals surface area contributed by atoms with Crippen molar-refractivity contribution in [2.75, 3.05) is 17.7 Å². The van der Waals surface area contributed by atoms with Crippen LogP contribution in [0.15, 0.2) is 52.4 Å². The van der Waals surface area contributed by atoms with Crippen LogP contribution in [0.2, 0.25) is 0 Å². The van der Waals surface area contributed by atoms with Crippen molar-refractivity contribution in [3.63, 3.8) is 0 Å². The standard InChI is InChI=1S/C17H18N4O3S/c1-25(23,24)15-10-12(16(22)20-17(18)19)6-7-14(15)21-9-8-11-4-2-3-5-13(11)21/h2-7,10H,8-9H2,1H3,(H4,18,19,20,22). The summed E-state index contributed by atoms with van der Waals surface area (Å²) in [4.78, 5) is 17.5. The van der Waals surface area contributed by atoms with Gasteiger partial charge in [0.25, 0.3) is 5.91 Å². The third-order valence-corrected chi connectivity index (χ3v) is 5.14. The van der Waals surface area contributed by atoms with E-state index in [1.54, 1.807) is 6.07 Å². The molecule has 2 aromatic rings. The smallest absolute Gasteiger partial charge is 0.280 e. The summed E-state index contributed by atoms with van der Waals surface area (Å²) in [6, 6.07) is 12.3. The minimum absolute atomic E-state index is 0.0702. The van der Waals surface area contributed by atoms with Gasteiger partial charge in [0.2, 0.25) is 0 Å². The topological polar surface area (TPSA) is 119 Å². The number of sulfone groups is 1. The van der Waals surface area contributed by atoms with Gasteiger partial charge in [-0.3, -0.25) is 4.79 Å². The highest BCUT2D eigenvalue weighted by Gasteiger charge is 2.26. The number of guanidine groups is 1. The summed E-state index contributed by atoms with van der Waals surface area (Å²) in [6.07, 6.45) is 1.94. The largest absolute Gasteiger partial charge is 0.370 e. The molecule has 0 saturated heterocycles. The molecule has 0 saturated carbocycles. The molecule has 0 radical (unpaired) electrons. The van der Waals surface area contributed by atoms with Crippen molar-refractivity contribution in [3.8, 4) is 0 Å². The molecule has 130 valence electrons. The molecule has 1 aliphatic rings. The van der Waals surface area contributed by atoms with Crippen molar-refractivity contribution in [3.05, 3.63) is 53.6 Å². The van der Waals surface area contributed by atoms with E-state index < -0.39 is 15.7 Å². The average Bonchev–Trinajstić information content (AvgIpc) is 2.96. The van der Waals surface area contributed by atoms with Gasteiger partial charge in [-0.1, -0.05) is 18.2 Å². The highest BCUT2D eigenvalue weighted by molar-refractivity contribution is 7.90. The SMILES string of the molecule is CS(=O)(=O)c1cc(C(=O)N=C(N)N)ccc1N1CCc2ccccc21. The maximum atomic E-state index is 12.3. The van der Waals surface area contributed by atoms with E-state index >= 15 is 0 Å². The van der Waals surface area contributed by atoms with Crippen LogP contribution in [-0.4, -0.2) is 33.1 Å². The molecule has 1 aliphatic heterocycles. The lowest BCUT2D eigenvalue weighted by molar-refractivity contribution is 0.100. The molecular formula is C17H18N4O3S. The van der Waals surface area contributed by atoms with Crippen molar-refractivity contribution in [1.29, 1.82) is 0 Å². The average molecular weight is 358 g/mol. The van der Waals surface area contributed by atoms with Crippen LogP contribution in [-0.2, 0) is 16.3 Å². The molecule has 0 aromatic heterocycles. The monoisotopic (exact) mass is 358 g/mol. The molecule has 4 N–H and O–H groups in total. The first-order valence-corrected chi connectivity index (χ1v) is 9.50. The Kier molecular flexibility index (Phi) is 4.22. The van der Waals surface area contributed by atoms with E-state index in [0.717, 1.165) is 23.9 Å². The van der Waals surface area contributed by atoms with E-state index in [0.29, 0.717) is 12.2 Å². The molecule has 0 bridgehead atoms. The third-order valence-electron chi connectivity index (χ3n) is 4.01. The Bertz CT molecular complexity index is 979. The Morgan fingerprint density at radius 3 is 2.52 bits per heavy atom. The molecule has 0 unspecified atom stereocenters. The van der Waals surface area contributed by atoms with Gasteiger partial charge in [-0.25, -0.2) is 8.42 Å². The third kappa shape index (κ3) is 3.34. The van der Waals surface area contributed by atoms with Crippen molar-refractivity contribution >= 4 is 33.1 Å². The summed E-state index contributed by atoms with van der Waals surface area (Å²) in [5.41, 5.74) is 13.2. The first-order chi connectivity index (χ1) is 11.8. The van der Waals surface area contributed by atoms with Gasteiger partial charge in [-0.05, 0) is 36.2 Å². The van der Waals surface area contributed by atoms with Crippen LogP contribution in [0.1, 0.15) is 15.9 Å². The second-order valence-corrected chi connectivity index (χ2v) is 7.81. The second kappa shape index (κ2) is 6.21. The number of rotatable bonds is 3. The molecule has 0 aliphatic carbocycles. The van der Waals surface area contributed by atoms with Crippen molar-refractivity contribution in [2.45, 2.75) is 11.3 Å². The summed E-state index contributed by atoms with van der Waals surface area (Å²) in [5.74, 6) is -1.05. The van der Waals surface area contributed by atoms with Gasteiger partial charge >= 0.3 is 0 Å². The van der Waals surface area contributed by atoms with E-state index in [4.69, 9.17) is 11.5 Å². The van der Waals surface area contributed by atoms with Crippen molar-refractivity contribution in [1.82, 2.24) is 0 Å². The lowest BCUT2D eigenvalue weighted by atomic mass is 10.1. The normalized spacial score (nSPS) is 13.4. The van der Waals surface area contributed by atoms with Crippen LogP contribution in [0.3, 0.4) is 0 Å². The molecule has 0 fully saturated rings. The van der Waals surface area contributed by atoms with Crippen molar-refractivity contribution in [2.24, 2.45) is 16.5 Å². The summed E-state index contributed by atoms with van der Waals surface area (Å²) in [7, 11) is -3.56. The Labute approximate surface area is 145 Å². The van der Waals surface area contributed by atoms with Crippen LogP contribution in [0.4, 0.5) is 11.4 Å². The van der Waals surface area contributed by atoms with Gasteiger partial charge in [-0.2, -0.15) is 4.99 Å². The minimum atomic E-state index is -3.56. The lowest BCUT2D eigenvalue weighted by Gasteiger charge is -2.22. The minimum Gasteiger partial charge on any atom is -0.370 e. The van der Waals surface area contributed by atoms with Gasteiger partial charge in [0.15, 0.2) is 15.8 Å². The van der Waals surface area contributed by atoms with Crippen LogP contribution in [0, 0.1) is 0 Å². The summed E-state index contributed by atoms with van der Waals surface area (Å²) in [6.45, 7) is 0.670. The number of hydrogen-bond acceptors (Lipinski definition) is 4. The number of carbonyl (C=O) groups is 1. The first-order valence-electron chi connectivity index (χ1n) is 7.61. The van der Waals surface area contributed by atoms with Gasteiger partial charge in [-0.15, -0.1) is 0 Å². The number of carbonyl (C=O) groups excluding carboxylic acids is 1. The van der Waals surface area contributed by atoms with Gasteiger partial charge in [0.1, 0.15) is 0 Å². The summed E-state index contributed by atoms with van der Waals surface area (Å²) < 4.78 is 24.6. The number of anilines is 2. The molecule has 8 heteroatoms. The number of nitrogens with two attached hydrogens (primary N) is 2. The van der Waals surface area contributed by atoms with Crippen LogP contribution in [0.25, 0.3) is 0 Å². The number of amides is 1. The Morgan fingerprint density at radius 2 is 1.84 bits per heavy atom. The number of aliphatic imine (C=N–C) groups is 1. The van der Waals surface area contributed by atoms with Crippen LogP contribution < -0.4 is 16.4 Å². The second-order valence-electron chi connectivity index (χ2n) is 5.83. The van der Waals surface area contributed by atoms with Crippen LogP contribution >= 0.6 is 0 Å². The maximum Gasteiger partial charge on any atom is 0.280 e. The highest BCUT2D eigenvalue weighted by atomic mass is 32.2. The Hall–Kier alpha value is -2.87.